The SMILES string of the molecule is Cc1cc(C(F)(F)F)cnc1C1=CCCCC1. The van der Waals surface area contributed by atoms with Crippen LogP contribution in [0.5, 0.6) is 0 Å². The van der Waals surface area contributed by atoms with Crippen LogP contribution < -0.4 is 0 Å². The van der Waals surface area contributed by atoms with Crippen molar-refractivity contribution >= 4 is 5.57 Å². The van der Waals surface area contributed by atoms with Gasteiger partial charge in [-0.05, 0) is 49.8 Å². The summed E-state index contributed by atoms with van der Waals surface area (Å²) in [5.41, 5.74) is 1.74. The molecule has 4 heteroatoms. The zero-order valence-corrected chi connectivity index (χ0v) is 9.64. The Morgan fingerprint density at radius 2 is 2.00 bits per heavy atom. The van der Waals surface area contributed by atoms with Gasteiger partial charge in [0, 0.05) is 6.20 Å². The number of nitrogens with zero attached hydrogens (tertiary/aromatic N) is 1. The molecule has 2 rings (SSSR count). The van der Waals surface area contributed by atoms with Crippen LogP contribution in [0.4, 0.5) is 13.2 Å². The highest BCUT2D eigenvalue weighted by molar-refractivity contribution is 5.65. The van der Waals surface area contributed by atoms with Gasteiger partial charge in [-0.1, -0.05) is 6.08 Å². The third-order valence-electron chi connectivity index (χ3n) is 3.00. The van der Waals surface area contributed by atoms with E-state index < -0.39 is 11.7 Å². The smallest absolute Gasteiger partial charge is 0.256 e. The van der Waals surface area contributed by atoms with Crippen LogP contribution in [0, 0.1) is 6.92 Å². The van der Waals surface area contributed by atoms with Gasteiger partial charge in [0.05, 0.1) is 11.3 Å². The lowest BCUT2D eigenvalue weighted by atomic mass is 9.94. The monoisotopic (exact) mass is 241 g/mol. The second kappa shape index (κ2) is 4.51. The molecule has 0 atom stereocenters. The van der Waals surface area contributed by atoms with Crippen molar-refractivity contribution in [1.29, 1.82) is 0 Å². The summed E-state index contributed by atoms with van der Waals surface area (Å²) in [5, 5.41) is 0. The van der Waals surface area contributed by atoms with Crippen LogP contribution in [0.1, 0.15) is 42.5 Å². The molecule has 17 heavy (non-hydrogen) atoms. The molecule has 0 saturated carbocycles. The molecule has 0 fully saturated rings. The highest BCUT2D eigenvalue weighted by Crippen LogP contribution is 2.32. The summed E-state index contributed by atoms with van der Waals surface area (Å²) in [6, 6.07) is 1.18. The maximum Gasteiger partial charge on any atom is 0.417 e. The van der Waals surface area contributed by atoms with E-state index in [0.717, 1.165) is 43.1 Å². The quantitative estimate of drug-likeness (QED) is 0.711. The van der Waals surface area contributed by atoms with E-state index in [-0.39, 0.29) is 0 Å². The van der Waals surface area contributed by atoms with E-state index in [9.17, 15) is 13.2 Å². The van der Waals surface area contributed by atoms with Crippen molar-refractivity contribution in [3.05, 3.63) is 35.2 Å². The van der Waals surface area contributed by atoms with Gasteiger partial charge in [-0.3, -0.25) is 4.98 Å². The normalized spacial score (nSPS) is 16.8. The van der Waals surface area contributed by atoms with Crippen LogP contribution in [-0.2, 0) is 6.18 Å². The average Bonchev–Trinajstić information content (AvgIpc) is 2.29. The minimum absolute atomic E-state index is 0.605. The van der Waals surface area contributed by atoms with E-state index in [0.29, 0.717) is 5.56 Å². The van der Waals surface area contributed by atoms with Crippen molar-refractivity contribution in [1.82, 2.24) is 4.98 Å². The lowest BCUT2D eigenvalue weighted by Crippen LogP contribution is -2.08. The van der Waals surface area contributed by atoms with Gasteiger partial charge < -0.3 is 0 Å². The van der Waals surface area contributed by atoms with Gasteiger partial charge in [0.2, 0.25) is 0 Å². The van der Waals surface area contributed by atoms with Crippen molar-refractivity contribution in [3.8, 4) is 0 Å². The summed E-state index contributed by atoms with van der Waals surface area (Å²) in [7, 11) is 0. The standard InChI is InChI=1S/C13H14F3N/c1-9-7-11(13(14,15)16)8-17-12(9)10-5-3-2-4-6-10/h5,7-8H,2-4,6H2,1H3. The second-order valence-electron chi connectivity index (χ2n) is 4.36. The Kier molecular flexibility index (Phi) is 3.22. The minimum atomic E-state index is -4.31. The molecule has 0 saturated heterocycles. The number of halogens is 3. The molecule has 92 valence electrons. The highest BCUT2D eigenvalue weighted by atomic mass is 19.4. The average molecular weight is 241 g/mol. The second-order valence-corrected chi connectivity index (χ2v) is 4.36. The van der Waals surface area contributed by atoms with Crippen molar-refractivity contribution < 1.29 is 13.2 Å². The van der Waals surface area contributed by atoms with Gasteiger partial charge in [0.25, 0.3) is 0 Å². The summed E-state index contributed by atoms with van der Waals surface area (Å²) in [5.74, 6) is 0. The summed E-state index contributed by atoms with van der Waals surface area (Å²) >= 11 is 0. The molecule has 1 aromatic heterocycles. The van der Waals surface area contributed by atoms with E-state index >= 15 is 0 Å². The molecular weight excluding hydrogens is 227 g/mol. The topological polar surface area (TPSA) is 12.9 Å². The number of aryl methyl sites for hydroxylation is 1. The number of alkyl halides is 3. The number of aromatic nitrogens is 1. The number of allylic oxidation sites excluding steroid dienone is 2. The van der Waals surface area contributed by atoms with Gasteiger partial charge >= 0.3 is 6.18 Å². The Balaban J connectivity index is 2.35. The van der Waals surface area contributed by atoms with E-state index in [4.69, 9.17) is 0 Å². The van der Waals surface area contributed by atoms with Crippen molar-refractivity contribution in [3.63, 3.8) is 0 Å². The summed E-state index contributed by atoms with van der Waals surface area (Å²) < 4.78 is 37.5. The Hall–Kier alpha value is -1.32. The molecule has 1 nitrogen and oxygen atoms in total. The van der Waals surface area contributed by atoms with Crippen LogP contribution in [0.2, 0.25) is 0 Å². The predicted octanol–water partition coefficient (Wildman–Crippen LogP) is 4.37. The molecule has 0 amide bonds. The molecule has 1 aromatic rings. The Morgan fingerprint density at radius 3 is 2.53 bits per heavy atom. The molecule has 1 aliphatic carbocycles. The lowest BCUT2D eigenvalue weighted by molar-refractivity contribution is -0.137. The van der Waals surface area contributed by atoms with E-state index in [2.05, 4.69) is 11.1 Å². The Morgan fingerprint density at radius 1 is 1.24 bits per heavy atom. The summed E-state index contributed by atoms with van der Waals surface area (Å²) in [4.78, 5) is 3.98. The van der Waals surface area contributed by atoms with Crippen molar-refractivity contribution in [2.45, 2.75) is 38.8 Å². The maximum atomic E-state index is 12.5. The largest absolute Gasteiger partial charge is 0.417 e. The summed E-state index contributed by atoms with van der Waals surface area (Å²) in [6.07, 6.45) is 2.87. The zero-order valence-electron chi connectivity index (χ0n) is 9.64. The first-order valence-electron chi connectivity index (χ1n) is 5.72. The maximum absolute atomic E-state index is 12.5. The first-order valence-corrected chi connectivity index (χ1v) is 5.72. The number of hydrogen-bond donors (Lipinski definition) is 0. The van der Waals surface area contributed by atoms with E-state index in [1.165, 1.54) is 6.07 Å². The van der Waals surface area contributed by atoms with E-state index in [1.807, 2.05) is 0 Å². The molecule has 0 aromatic carbocycles. The molecule has 0 radical (unpaired) electrons. The van der Waals surface area contributed by atoms with Gasteiger partial charge in [-0.15, -0.1) is 0 Å². The number of rotatable bonds is 1. The van der Waals surface area contributed by atoms with Gasteiger partial charge in [0.1, 0.15) is 0 Å². The first-order chi connectivity index (χ1) is 7.98. The Bertz CT molecular complexity index is 446. The van der Waals surface area contributed by atoms with Crippen molar-refractivity contribution in [2.75, 3.05) is 0 Å². The van der Waals surface area contributed by atoms with Gasteiger partial charge in [0.15, 0.2) is 0 Å². The van der Waals surface area contributed by atoms with Crippen LogP contribution in [0.25, 0.3) is 5.57 Å². The zero-order chi connectivity index (χ0) is 12.5. The third-order valence-corrected chi connectivity index (χ3v) is 3.00. The molecular formula is C13H14F3N. The van der Waals surface area contributed by atoms with Gasteiger partial charge in [-0.2, -0.15) is 13.2 Å². The van der Waals surface area contributed by atoms with E-state index in [1.54, 1.807) is 6.92 Å². The molecule has 1 aliphatic rings. The number of pyridine rings is 1. The molecule has 0 bridgehead atoms. The fourth-order valence-corrected chi connectivity index (χ4v) is 2.12. The lowest BCUT2D eigenvalue weighted by Gasteiger charge is -2.15. The van der Waals surface area contributed by atoms with Crippen LogP contribution in [-0.4, -0.2) is 4.98 Å². The molecule has 0 aliphatic heterocycles. The predicted molar refractivity (Wildman–Crippen MR) is 60.4 cm³/mol. The van der Waals surface area contributed by atoms with Gasteiger partial charge in [-0.25, -0.2) is 0 Å². The minimum Gasteiger partial charge on any atom is -0.256 e. The molecule has 0 spiro atoms. The van der Waals surface area contributed by atoms with Crippen molar-refractivity contribution in [2.24, 2.45) is 0 Å². The molecule has 0 N–H and O–H groups in total. The van der Waals surface area contributed by atoms with Crippen LogP contribution in [0.3, 0.4) is 0 Å². The van der Waals surface area contributed by atoms with Crippen LogP contribution >= 0.6 is 0 Å². The Labute approximate surface area is 98.4 Å². The fraction of sp³-hybridized carbons (Fsp3) is 0.462. The van der Waals surface area contributed by atoms with Crippen LogP contribution in [0.15, 0.2) is 18.3 Å². The summed E-state index contributed by atoms with van der Waals surface area (Å²) in [6.45, 7) is 1.69. The third kappa shape index (κ3) is 2.68. The fourth-order valence-electron chi connectivity index (χ4n) is 2.12. The molecule has 1 heterocycles. The first kappa shape index (κ1) is 12.1. The molecule has 0 unspecified atom stereocenters. The highest BCUT2D eigenvalue weighted by Gasteiger charge is 2.31. The number of hydrogen-bond acceptors (Lipinski definition) is 1.